The first kappa shape index (κ1) is 16.7. The molecule has 5 heteroatoms. The Morgan fingerprint density at radius 2 is 1.59 bits per heavy atom. The zero-order chi connectivity index (χ0) is 16.4. The van der Waals surface area contributed by atoms with Gasteiger partial charge in [-0.1, -0.05) is 42.5 Å². The van der Waals surface area contributed by atoms with Crippen molar-refractivity contribution in [3.8, 4) is 0 Å². The Bertz CT molecular complexity index is 736. The Kier molecular flexibility index (Phi) is 4.70. The molecule has 0 radical (unpaired) electrons. The molecule has 2 aromatic carbocycles. The van der Waals surface area contributed by atoms with Gasteiger partial charge in [-0.3, -0.25) is 0 Å². The highest BCUT2D eigenvalue weighted by Gasteiger charge is 2.44. The van der Waals surface area contributed by atoms with Crippen molar-refractivity contribution in [3.05, 3.63) is 65.7 Å². The first-order valence-corrected chi connectivity index (χ1v) is 8.46. The van der Waals surface area contributed by atoms with Crippen LogP contribution >= 0.6 is 0 Å². The molecule has 0 aromatic heterocycles. The molecule has 1 N–H and O–H groups in total. The second-order valence-electron chi connectivity index (χ2n) is 5.39. The third kappa shape index (κ3) is 2.92. The highest BCUT2D eigenvalue weighted by atomic mass is 32.2. The van der Waals surface area contributed by atoms with Crippen LogP contribution in [-0.4, -0.2) is 26.1 Å². The summed E-state index contributed by atoms with van der Waals surface area (Å²) < 4.78 is 30.8. The fourth-order valence-electron chi connectivity index (χ4n) is 2.66. The van der Waals surface area contributed by atoms with Crippen LogP contribution in [0.5, 0.6) is 0 Å². The molecule has 0 spiro atoms. The standard InChI is InChI=1S/C17H20O4S/c1-13-9-7-8-12-15(13)17(2,18)16(21-3)22(19,20)14-10-5-4-6-11-14/h4-12,16,18H,1-3H3/t16-,17+/m1/s1. The summed E-state index contributed by atoms with van der Waals surface area (Å²) >= 11 is 0. The van der Waals surface area contributed by atoms with Gasteiger partial charge in [0.2, 0.25) is 9.84 Å². The summed E-state index contributed by atoms with van der Waals surface area (Å²) in [6, 6.07) is 15.1. The molecule has 2 aromatic rings. The molecule has 0 bridgehead atoms. The summed E-state index contributed by atoms with van der Waals surface area (Å²) in [7, 11) is -2.56. The lowest BCUT2D eigenvalue weighted by molar-refractivity contribution is -0.0458. The van der Waals surface area contributed by atoms with E-state index in [0.29, 0.717) is 5.56 Å². The molecular weight excluding hydrogens is 300 g/mol. The van der Waals surface area contributed by atoms with E-state index in [1.54, 1.807) is 30.3 Å². The average molecular weight is 320 g/mol. The van der Waals surface area contributed by atoms with Crippen LogP contribution in [-0.2, 0) is 20.2 Å². The highest BCUT2D eigenvalue weighted by molar-refractivity contribution is 7.92. The predicted octanol–water partition coefficient (Wildman–Crippen LogP) is 2.65. The van der Waals surface area contributed by atoms with Crippen LogP contribution in [0.1, 0.15) is 18.1 Å². The summed E-state index contributed by atoms with van der Waals surface area (Å²) in [5.41, 5.74) is -1.74. The molecule has 0 unspecified atom stereocenters. The molecule has 0 saturated heterocycles. The minimum absolute atomic E-state index is 0.121. The molecule has 4 nitrogen and oxygen atoms in total. The lowest BCUT2D eigenvalue weighted by Gasteiger charge is -2.33. The van der Waals surface area contributed by atoms with Crippen molar-refractivity contribution >= 4 is 9.84 Å². The summed E-state index contributed by atoms with van der Waals surface area (Å²) in [6.07, 6.45) is 0. The maximum atomic E-state index is 12.8. The second kappa shape index (κ2) is 6.20. The SMILES string of the molecule is CO[C@@H]([C@@](C)(O)c1ccccc1C)S(=O)(=O)c1ccccc1. The van der Waals surface area contributed by atoms with E-state index >= 15 is 0 Å². The van der Waals surface area contributed by atoms with Crippen molar-refractivity contribution in [2.75, 3.05) is 7.11 Å². The van der Waals surface area contributed by atoms with Gasteiger partial charge in [0.25, 0.3) is 0 Å². The van der Waals surface area contributed by atoms with Crippen LogP contribution in [0, 0.1) is 6.92 Å². The Hall–Kier alpha value is -1.69. The van der Waals surface area contributed by atoms with Gasteiger partial charge in [-0.15, -0.1) is 0 Å². The predicted molar refractivity (Wildman–Crippen MR) is 85.2 cm³/mol. The lowest BCUT2D eigenvalue weighted by atomic mass is 9.92. The topological polar surface area (TPSA) is 63.6 Å². The van der Waals surface area contributed by atoms with E-state index in [-0.39, 0.29) is 4.90 Å². The van der Waals surface area contributed by atoms with Gasteiger partial charge in [0.1, 0.15) is 5.60 Å². The fraction of sp³-hybridized carbons (Fsp3) is 0.294. The number of ether oxygens (including phenoxy) is 1. The molecule has 0 aliphatic carbocycles. The molecule has 0 aliphatic rings. The van der Waals surface area contributed by atoms with Gasteiger partial charge in [0, 0.05) is 7.11 Å². The van der Waals surface area contributed by atoms with Gasteiger partial charge in [-0.05, 0) is 37.1 Å². The van der Waals surface area contributed by atoms with Gasteiger partial charge in [-0.2, -0.15) is 0 Å². The first-order chi connectivity index (χ1) is 10.3. The van der Waals surface area contributed by atoms with E-state index in [9.17, 15) is 13.5 Å². The maximum Gasteiger partial charge on any atom is 0.208 e. The minimum Gasteiger partial charge on any atom is -0.382 e. The summed E-state index contributed by atoms with van der Waals surface area (Å²) in [4.78, 5) is 0.121. The molecular formula is C17H20O4S. The number of aryl methyl sites for hydroxylation is 1. The zero-order valence-corrected chi connectivity index (χ0v) is 13.7. The van der Waals surface area contributed by atoms with E-state index in [1.807, 2.05) is 19.1 Å². The summed E-state index contributed by atoms with van der Waals surface area (Å²) in [5, 5.41) is 10.9. The lowest BCUT2D eigenvalue weighted by Crippen LogP contribution is -2.44. The van der Waals surface area contributed by atoms with Crippen molar-refractivity contribution in [1.82, 2.24) is 0 Å². The van der Waals surface area contributed by atoms with Crippen LogP contribution in [0.2, 0.25) is 0 Å². The minimum atomic E-state index is -3.85. The van der Waals surface area contributed by atoms with Crippen LogP contribution < -0.4 is 0 Å². The second-order valence-corrected chi connectivity index (χ2v) is 7.38. The zero-order valence-electron chi connectivity index (χ0n) is 12.9. The third-order valence-corrected chi connectivity index (χ3v) is 5.86. The number of aliphatic hydroxyl groups is 1. The Labute approximate surface area is 131 Å². The Morgan fingerprint density at radius 3 is 2.14 bits per heavy atom. The number of hydrogen-bond acceptors (Lipinski definition) is 4. The third-order valence-electron chi connectivity index (χ3n) is 3.72. The molecule has 0 heterocycles. The molecule has 2 rings (SSSR count). The molecule has 0 amide bonds. The van der Waals surface area contributed by atoms with Crippen LogP contribution in [0.25, 0.3) is 0 Å². The van der Waals surface area contributed by atoms with Gasteiger partial charge in [-0.25, -0.2) is 8.42 Å². The van der Waals surface area contributed by atoms with Crippen molar-refractivity contribution in [1.29, 1.82) is 0 Å². The monoisotopic (exact) mass is 320 g/mol. The number of methoxy groups -OCH3 is 1. The smallest absolute Gasteiger partial charge is 0.208 e. The van der Waals surface area contributed by atoms with Crippen molar-refractivity contribution < 1.29 is 18.3 Å². The number of hydrogen-bond donors (Lipinski definition) is 1. The molecule has 0 fully saturated rings. The number of benzene rings is 2. The molecule has 22 heavy (non-hydrogen) atoms. The van der Waals surface area contributed by atoms with E-state index < -0.39 is 20.9 Å². The van der Waals surface area contributed by atoms with Gasteiger partial charge < -0.3 is 9.84 Å². The highest BCUT2D eigenvalue weighted by Crippen LogP contribution is 2.34. The number of rotatable bonds is 5. The molecule has 118 valence electrons. The van der Waals surface area contributed by atoms with E-state index in [2.05, 4.69) is 0 Å². The molecule has 2 atom stereocenters. The van der Waals surface area contributed by atoms with Crippen molar-refractivity contribution in [2.45, 2.75) is 29.8 Å². The maximum absolute atomic E-state index is 12.8. The summed E-state index contributed by atoms with van der Waals surface area (Å²) in [6.45, 7) is 3.29. The van der Waals surface area contributed by atoms with Crippen LogP contribution in [0.3, 0.4) is 0 Å². The van der Waals surface area contributed by atoms with E-state index in [4.69, 9.17) is 4.74 Å². The van der Waals surface area contributed by atoms with Gasteiger partial charge in [0.05, 0.1) is 4.90 Å². The van der Waals surface area contributed by atoms with E-state index in [1.165, 1.54) is 26.2 Å². The average Bonchev–Trinajstić information content (AvgIpc) is 2.48. The van der Waals surface area contributed by atoms with Gasteiger partial charge >= 0.3 is 0 Å². The molecule has 0 saturated carbocycles. The first-order valence-electron chi connectivity index (χ1n) is 6.92. The largest absolute Gasteiger partial charge is 0.382 e. The number of sulfone groups is 1. The van der Waals surface area contributed by atoms with Gasteiger partial charge in [0.15, 0.2) is 5.44 Å². The van der Waals surface area contributed by atoms with Crippen LogP contribution in [0.4, 0.5) is 0 Å². The van der Waals surface area contributed by atoms with Crippen molar-refractivity contribution in [3.63, 3.8) is 0 Å². The Morgan fingerprint density at radius 1 is 1.05 bits per heavy atom. The normalized spacial score (nSPS) is 16.0. The van der Waals surface area contributed by atoms with Crippen LogP contribution in [0.15, 0.2) is 59.5 Å². The molecule has 0 aliphatic heterocycles. The summed E-state index contributed by atoms with van der Waals surface area (Å²) in [5.74, 6) is 0. The quantitative estimate of drug-likeness (QED) is 0.920. The van der Waals surface area contributed by atoms with Crippen molar-refractivity contribution in [2.24, 2.45) is 0 Å². The van der Waals surface area contributed by atoms with E-state index in [0.717, 1.165) is 5.56 Å². The fourth-order valence-corrected chi connectivity index (χ4v) is 4.43. The Balaban J connectivity index is 2.54.